The Morgan fingerprint density at radius 3 is 2.04 bits per heavy atom. The molecule has 2 heterocycles. The van der Waals surface area contributed by atoms with E-state index in [-0.39, 0.29) is 5.91 Å². The number of anilines is 2. The second-order valence-corrected chi connectivity index (χ2v) is 7.89. The van der Waals surface area contributed by atoms with Gasteiger partial charge in [-0.2, -0.15) is 0 Å². The van der Waals surface area contributed by atoms with E-state index in [0.29, 0.717) is 17.4 Å². The van der Waals surface area contributed by atoms with Crippen LogP contribution in [0.25, 0.3) is 0 Å². The predicted molar refractivity (Wildman–Crippen MR) is 111 cm³/mol. The van der Waals surface area contributed by atoms with Crippen molar-refractivity contribution in [2.75, 3.05) is 23.3 Å². The standard InChI is InChI=1S/C22H30N4O/c1-15(2)18-9-8-10-19(16(3)4)20(18)25-21(27)17-13-23-22(24-14-17)26-11-6-5-7-12-26/h8-10,13-16H,5-7,11-12H2,1-4H3,(H,25,27). The number of carbonyl (C=O) groups is 1. The van der Waals surface area contributed by atoms with Crippen molar-refractivity contribution in [3.8, 4) is 0 Å². The minimum atomic E-state index is -0.157. The Morgan fingerprint density at radius 2 is 1.52 bits per heavy atom. The van der Waals surface area contributed by atoms with Gasteiger partial charge in [0.05, 0.1) is 5.56 Å². The van der Waals surface area contributed by atoms with Gasteiger partial charge >= 0.3 is 0 Å². The van der Waals surface area contributed by atoms with Gasteiger partial charge in [0, 0.05) is 31.2 Å². The zero-order valence-electron chi connectivity index (χ0n) is 16.8. The van der Waals surface area contributed by atoms with Gasteiger partial charge < -0.3 is 10.2 Å². The second kappa shape index (κ2) is 8.51. The van der Waals surface area contributed by atoms with Crippen LogP contribution in [0, 0.1) is 0 Å². The lowest BCUT2D eigenvalue weighted by molar-refractivity contribution is 0.102. The summed E-state index contributed by atoms with van der Waals surface area (Å²) in [5.41, 5.74) is 3.72. The molecule has 1 N–H and O–H groups in total. The Bertz CT molecular complexity index is 751. The summed E-state index contributed by atoms with van der Waals surface area (Å²) in [6, 6.07) is 6.24. The highest BCUT2D eigenvalue weighted by Crippen LogP contribution is 2.32. The maximum absolute atomic E-state index is 12.8. The second-order valence-electron chi connectivity index (χ2n) is 7.89. The molecule has 1 saturated heterocycles. The van der Waals surface area contributed by atoms with Crippen molar-refractivity contribution >= 4 is 17.5 Å². The van der Waals surface area contributed by atoms with Gasteiger partial charge in [-0.15, -0.1) is 0 Å². The van der Waals surface area contributed by atoms with Crippen LogP contribution in [0.3, 0.4) is 0 Å². The molecule has 1 aliphatic heterocycles. The third-order valence-electron chi connectivity index (χ3n) is 5.15. The van der Waals surface area contributed by atoms with Crippen LogP contribution in [0.5, 0.6) is 0 Å². The molecule has 0 atom stereocenters. The zero-order valence-corrected chi connectivity index (χ0v) is 16.8. The minimum absolute atomic E-state index is 0.157. The predicted octanol–water partition coefficient (Wildman–Crippen LogP) is 4.97. The number of benzene rings is 1. The molecule has 0 unspecified atom stereocenters. The van der Waals surface area contributed by atoms with E-state index >= 15 is 0 Å². The van der Waals surface area contributed by atoms with Crippen molar-refractivity contribution in [3.63, 3.8) is 0 Å². The normalized spacial score (nSPS) is 14.7. The van der Waals surface area contributed by atoms with E-state index in [4.69, 9.17) is 0 Å². The lowest BCUT2D eigenvalue weighted by Gasteiger charge is -2.26. The van der Waals surface area contributed by atoms with Crippen molar-refractivity contribution in [3.05, 3.63) is 47.3 Å². The summed E-state index contributed by atoms with van der Waals surface area (Å²) < 4.78 is 0. The van der Waals surface area contributed by atoms with E-state index in [0.717, 1.165) is 35.9 Å². The summed E-state index contributed by atoms with van der Waals surface area (Å²) in [4.78, 5) is 23.9. The Morgan fingerprint density at radius 1 is 0.963 bits per heavy atom. The molecule has 27 heavy (non-hydrogen) atoms. The number of hydrogen-bond donors (Lipinski definition) is 1. The number of piperidine rings is 1. The van der Waals surface area contributed by atoms with Gasteiger partial charge in [-0.3, -0.25) is 4.79 Å². The number of hydrogen-bond acceptors (Lipinski definition) is 4. The third-order valence-corrected chi connectivity index (χ3v) is 5.15. The van der Waals surface area contributed by atoms with E-state index in [1.807, 2.05) is 0 Å². The molecule has 1 amide bonds. The molecule has 5 nitrogen and oxygen atoms in total. The lowest BCUT2D eigenvalue weighted by atomic mass is 9.92. The van der Waals surface area contributed by atoms with Crippen LogP contribution in [0.15, 0.2) is 30.6 Å². The molecule has 5 heteroatoms. The minimum Gasteiger partial charge on any atom is -0.341 e. The van der Waals surface area contributed by atoms with Crippen molar-refractivity contribution in [1.29, 1.82) is 0 Å². The zero-order chi connectivity index (χ0) is 19.4. The molecule has 0 spiro atoms. The molecule has 0 saturated carbocycles. The summed E-state index contributed by atoms with van der Waals surface area (Å²) >= 11 is 0. The van der Waals surface area contributed by atoms with Gasteiger partial charge in [-0.25, -0.2) is 9.97 Å². The van der Waals surface area contributed by atoms with Crippen LogP contribution in [-0.4, -0.2) is 29.0 Å². The van der Waals surface area contributed by atoms with E-state index < -0.39 is 0 Å². The van der Waals surface area contributed by atoms with Crippen LogP contribution < -0.4 is 10.2 Å². The number of nitrogens with zero attached hydrogens (tertiary/aromatic N) is 3. The highest BCUT2D eigenvalue weighted by atomic mass is 16.1. The van der Waals surface area contributed by atoms with Gasteiger partial charge in [-0.1, -0.05) is 45.9 Å². The van der Waals surface area contributed by atoms with Crippen molar-refractivity contribution in [2.24, 2.45) is 0 Å². The molecular formula is C22H30N4O. The van der Waals surface area contributed by atoms with Gasteiger partial charge in [0.15, 0.2) is 0 Å². The summed E-state index contributed by atoms with van der Waals surface area (Å²) in [5, 5.41) is 3.12. The van der Waals surface area contributed by atoms with Crippen LogP contribution in [0.1, 0.15) is 80.3 Å². The fraction of sp³-hybridized carbons (Fsp3) is 0.500. The average molecular weight is 367 g/mol. The largest absolute Gasteiger partial charge is 0.341 e. The number of para-hydroxylation sites is 1. The van der Waals surface area contributed by atoms with Crippen LogP contribution in [-0.2, 0) is 0 Å². The van der Waals surface area contributed by atoms with E-state index in [1.54, 1.807) is 12.4 Å². The molecular weight excluding hydrogens is 336 g/mol. The topological polar surface area (TPSA) is 58.1 Å². The first kappa shape index (κ1) is 19.3. The Hall–Kier alpha value is -2.43. The SMILES string of the molecule is CC(C)c1cccc(C(C)C)c1NC(=O)c1cnc(N2CCCCC2)nc1. The van der Waals surface area contributed by atoms with Crippen molar-refractivity contribution < 1.29 is 4.79 Å². The highest BCUT2D eigenvalue weighted by Gasteiger charge is 2.18. The van der Waals surface area contributed by atoms with Crippen LogP contribution >= 0.6 is 0 Å². The maximum atomic E-state index is 12.8. The molecule has 0 bridgehead atoms. The van der Waals surface area contributed by atoms with E-state index in [2.05, 4.69) is 66.1 Å². The first-order chi connectivity index (χ1) is 13.0. The quantitative estimate of drug-likeness (QED) is 0.812. The number of rotatable bonds is 5. The number of aromatic nitrogens is 2. The molecule has 1 aromatic heterocycles. The van der Waals surface area contributed by atoms with E-state index in [9.17, 15) is 4.79 Å². The number of amides is 1. The maximum Gasteiger partial charge on any atom is 0.258 e. The monoisotopic (exact) mass is 366 g/mol. The Balaban J connectivity index is 1.81. The van der Waals surface area contributed by atoms with Crippen molar-refractivity contribution in [2.45, 2.75) is 58.8 Å². The molecule has 0 radical (unpaired) electrons. The fourth-order valence-corrected chi connectivity index (χ4v) is 3.58. The Labute approximate surface area is 162 Å². The molecule has 3 rings (SSSR count). The molecule has 1 fully saturated rings. The third kappa shape index (κ3) is 4.46. The lowest BCUT2D eigenvalue weighted by Crippen LogP contribution is -2.31. The van der Waals surface area contributed by atoms with Crippen LogP contribution in [0.4, 0.5) is 11.6 Å². The smallest absolute Gasteiger partial charge is 0.258 e. The van der Waals surface area contributed by atoms with Crippen molar-refractivity contribution in [1.82, 2.24) is 9.97 Å². The summed E-state index contributed by atoms with van der Waals surface area (Å²) in [6.07, 6.45) is 6.90. The summed E-state index contributed by atoms with van der Waals surface area (Å²) in [6.45, 7) is 10.6. The summed E-state index contributed by atoms with van der Waals surface area (Å²) in [5.74, 6) is 1.22. The van der Waals surface area contributed by atoms with Crippen LogP contribution in [0.2, 0.25) is 0 Å². The van der Waals surface area contributed by atoms with Gasteiger partial charge in [0.2, 0.25) is 5.95 Å². The van der Waals surface area contributed by atoms with Gasteiger partial charge in [0.25, 0.3) is 5.91 Å². The number of nitrogens with one attached hydrogen (secondary N) is 1. The molecule has 144 valence electrons. The highest BCUT2D eigenvalue weighted by molar-refractivity contribution is 6.04. The first-order valence-corrected chi connectivity index (χ1v) is 9.98. The van der Waals surface area contributed by atoms with Gasteiger partial charge in [0.1, 0.15) is 0 Å². The Kier molecular flexibility index (Phi) is 6.09. The molecule has 2 aromatic rings. The fourth-order valence-electron chi connectivity index (χ4n) is 3.58. The summed E-state index contributed by atoms with van der Waals surface area (Å²) in [7, 11) is 0. The molecule has 1 aromatic carbocycles. The number of carbonyl (C=O) groups excluding carboxylic acids is 1. The van der Waals surface area contributed by atoms with Gasteiger partial charge in [-0.05, 0) is 42.2 Å². The average Bonchev–Trinajstić information content (AvgIpc) is 2.68. The molecule has 1 aliphatic rings. The molecule has 0 aliphatic carbocycles. The van der Waals surface area contributed by atoms with E-state index in [1.165, 1.54) is 19.3 Å². The first-order valence-electron chi connectivity index (χ1n) is 9.98.